The summed E-state index contributed by atoms with van der Waals surface area (Å²) in [5.74, 6) is 0. The zero-order valence-electron chi connectivity index (χ0n) is 9.25. The van der Waals surface area contributed by atoms with Crippen LogP contribution in [0.25, 0.3) is 6.08 Å². The van der Waals surface area contributed by atoms with Crippen LogP contribution in [0.3, 0.4) is 0 Å². The molecule has 0 amide bonds. The second-order valence-electron chi connectivity index (χ2n) is 4.52. The molecule has 0 heteroatoms. The molecule has 0 aromatic heterocycles. The summed E-state index contributed by atoms with van der Waals surface area (Å²) < 4.78 is 0. The minimum absolute atomic E-state index is 0.158. The molecule has 0 atom stereocenters. The largest absolute Gasteiger partial charge is 0.0953 e. The van der Waals surface area contributed by atoms with Gasteiger partial charge in [0.15, 0.2) is 0 Å². The Balaban J connectivity index is 2.71. The van der Waals surface area contributed by atoms with Crippen molar-refractivity contribution in [3.63, 3.8) is 0 Å². The second-order valence-corrected chi connectivity index (χ2v) is 4.52. The summed E-state index contributed by atoms with van der Waals surface area (Å²) in [4.78, 5) is 0. The minimum atomic E-state index is 0.158. The van der Waals surface area contributed by atoms with Crippen molar-refractivity contribution in [2.45, 2.75) is 20.8 Å². The molecule has 74 valence electrons. The molecule has 14 heavy (non-hydrogen) atoms. The summed E-state index contributed by atoms with van der Waals surface area (Å²) in [5, 5.41) is 0. The van der Waals surface area contributed by atoms with Gasteiger partial charge in [0.1, 0.15) is 0 Å². The maximum absolute atomic E-state index is 4.05. The summed E-state index contributed by atoms with van der Waals surface area (Å²) >= 11 is 0. The van der Waals surface area contributed by atoms with E-state index in [2.05, 4.69) is 51.6 Å². The van der Waals surface area contributed by atoms with Gasteiger partial charge in [0.25, 0.3) is 0 Å². The molecule has 0 heterocycles. The van der Waals surface area contributed by atoms with Crippen LogP contribution in [-0.4, -0.2) is 0 Å². The van der Waals surface area contributed by atoms with E-state index in [0.717, 1.165) is 5.57 Å². The van der Waals surface area contributed by atoms with Crippen molar-refractivity contribution in [3.8, 4) is 0 Å². The lowest BCUT2D eigenvalue weighted by Gasteiger charge is -2.18. The molecule has 0 N–H and O–H groups in total. The highest BCUT2D eigenvalue weighted by molar-refractivity contribution is 5.52. The van der Waals surface area contributed by atoms with Gasteiger partial charge in [0, 0.05) is 0 Å². The van der Waals surface area contributed by atoms with Gasteiger partial charge in [-0.05, 0) is 16.6 Å². The average molecular weight is 186 g/mol. The fourth-order valence-corrected chi connectivity index (χ4v) is 1.01. The monoisotopic (exact) mass is 186 g/mol. The zero-order chi connectivity index (χ0) is 10.6. The average Bonchev–Trinajstić information content (AvgIpc) is 2.14. The Bertz CT molecular complexity index is 323. The highest BCUT2D eigenvalue weighted by Gasteiger charge is 2.11. The third-order valence-electron chi connectivity index (χ3n) is 2.24. The lowest BCUT2D eigenvalue weighted by Crippen LogP contribution is -2.05. The first-order valence-corrected chi connectivity index (χ1v) is 4.92. The van der Waals surface area contributed by atoms with Crippen molar-refractivity contribution in [2.75, 3.05) is 0 Å². The molecule has 1 aromatic rings. The first-order valence-electron chi connectivity index (χ1n) is 4.92. The molecule has 0 aliphatic carbocycles. The fraction of sp³-hybridized carbons (Fsp3) is 0.286. The molecule has 0 radical (unpaired) electrons. The molecule has 0 bridgehead atoms. The van der Waals surface area contributed by atoms with Crippen molar-refractivity contribution in [2.24, 2.45) is 5.41 Å². The van der Waals surface area contributed by atoms with Gasteiger partial charge in [0.2, 0.25) is 0 Å². The van der Waals surface area contributed by atoms with Gasteiger partial charge in [0.05, 0.1) is 0 Å². The van der Waals surface area contributed by atoms with E-state index in [1.807, 2.05) is 18.2 Å². The Kier molecular flexibility index (Phi) is 3.29. The third kappa shape index (κ3) is 3.21. The Labute approximate surface area is 87.0 Å². The van der Waals surface area contributed by atoms with E-state index in [-0.39, 0.29) is 5.41 Å². The van der Waals surface area contributed by atoms with Crippen LogP contribution in [0, 0.1) is 5.41 Å². The zero-order valence-corrected chi connectivity index (χ0v) is 9.25. The van der Waals surface area contributed by atoms with Gasteiger partial charge in [-0.25, -0.2) is 0 Å². The quantitative estimate of drug-likeness (QED) is 0.604. The molecule has 0 saturated carbocycles. The van der Waals surface area contributed by atoms with E-state index >= 15 is 0 Å². The summed E-state index contributed by atoms with van der Waals surface area (Å²) in [6, 6.07) is 10.3. The van der Waals surface area contributed by atoms with E-state index in [1.54, 1.807) is 0 Å². The first-order chi connectivity index (χ1) is 6.50. The Morgan fingerprint density at radius 2 is 1.71 bits per heavy atom. The van der Waals surface area contributed by atoms with Crippen LogP contribution in [-0.2, 0) is 0 Å². The number of allylic oxidation sites excluding steroid dienone is 2. The molecule has 1 aromatic carbocycles. The first kappa shape index (κ1) is 10.8. The van der Waals surface area contributed by atoms with Crippen molar-refractivity contribution in [1.29, 1.82) is 0 Å². The van der Waals surface area contributed by atoms with Gasteiger partial charge in [-0.1, -0.05) is 69.8 Å². The molecule has 0 saturated heterocycles. The molecule has 0 aliphatic heterocycles. The molecular formula is C14H18. The van der Waals surface area contributed by atoms with E-state index in [9.17, 15) is 0 Å². The molecular weight excluding hydrogens is 168 g/mol. The Hall–Kier alpha value is -1.30. The SMILES string of the molecule is C=C(C=Cc1ccccc1)C(C)(C)C. The van der Waals surface area contributed by atoms with Gasteiger partial charge >= 0.3 is 0 Å². The number of hydrogen-bond donors (Lipinski definition) is 0. The van der Waals surface area contributed by atoms with Gasteiger partial charge in [-0.15, -0.1) is 0 Å². The fourth-order valence-electron chi connectivity index (χ4n) is 1.01. The van der Waals surface area contributed by atoms with Gasteiger partial charge in [-0.2, -0.15) is 0 Å². The predicted molar refractivity (Wildman–Crippen MR) is 64.1 cm³/mol. The summed E-state index contributed by atoms with van der Waals surface area (Å²) in [5.41, 5.74) is 2.53. The number of rotatable bonds is 2. The van der Waals surface area contributed by atoms with Gasteiger partial charge in [-0.3, -0.25) is 0 Å². The van der Waals surface area contributed by atoms with Crippen molar-refractivity contribution < 1.29 is 0 Å². The van der Waals surface area contributed by atoms with Crippen LogP contribution in [0.5, 0.6) is 0 Å². The molecule has 0 aliphatic rings. The standard InChI is InChI=1S/C14H18/c1-12(14(2,3)4)10-11-13-8-6-5-7-9-13/h5-11H,1H2,2-4H3. The van der Waals surface area contributed by atoms with Crippen molar-refractivity contribution >= 4 is 6.08 Å². The van der Waals surface area contributed by atoms with Crippen LogP contribution in [0.4, 0.5) is 0 Å². The Morgan fingerprint density at radius 1 is 1.14 bits per heavy atom. The molecule has 0 fully saturated rings. The van der Waals surface area contributed by atoms with Crippen LogP contribution >= 0.6 is 0 Å². The summed E-state index contributed by atoms with van der Waals surface area (Å²) in [6.07, 6.45) is 4.20. The van der Waals surface area contributed by atoms with Crippen LogP contribution < -0.4 is 0 Å². The van der Waals surface area contributed by atoms with Gasteiger partial charge < -0.3 is 0 Å². The van der Waals surface area contributed by atoms with Crippen molar-refractivity contribution in [3.05, 3.63) is 54.1 Å². The normalized spacial score (nSPS) is 11.9. The highest BCUT2D eigenvalue weighted by atomic mass is 14.2. The smallest absolute Gasteiger partial charge is 0.0138 e. The lowest BCUT2D eigenvalue weighted by atomic mass is 9.87. The Morgan fingerprint density at radius 3 is 2.21 bits per heavy atom. The topological polar surface area (TPSA) is 0 Å². The molecule has 0 nitrogen and oxygen atoms in total. The minimum Gasteiger partial charge on any atom is -0.0953 e. The van der Waals surface area contributed by atoms with E-state index in [1.165, 1.54) is 5.56 Å². The predicted octanol–water partition coefficient (Wildman–Crippen LogP) is 4.30. The maximum atomic E-state index is 4.05. The number of hydrogen-bond acceptors (Lipinski definition) is 0. The van der Waals surface area contributed by atoms with Crippen LogP contribution in [0.2, 0.25) is 0 Å². The molecule has 1 rings (SSSR count). The van der Waals surface area contributed by atoms with Crippen LogP contribution in [0.1, 0.15) is 26.3 Å². The number of benzene rings is 1. The van der Waals surface area contributed by atoms with Crippen molar-refractivity contribution in [1.82, 2.24) is 0 Å². The van der Waals surface area contributed by atoms with E-state index in [4.69, 9.17) is 0 Å². The molecule has 0 spiro atoms. The van der Waals surface area contributed by atoms with E-state index in [0.29, 0.717) is 0 Å². The molecule has 0 unspecified atom stereocenters. The lowest BCUT2D eigenvalue weighted by molar-refractivity contribution is 0.519. The highest BCUT2D eigenvalue weighted by Crippen LogP contribution is 2.24. The maximum Gasteiger partial charge on any atom is -0.0138 e. The summed E-state index contributed by atoms with van der Waals surface area (Å²) in [7, 11) is 0. The third-order valence-corrected chi connectivity index (χ3v) is 2.24. The van der Waals surface area contributed by atoms with E-state index < -0.39 is 0 Å². The summed E-state index contributed by atoms with van der Waals surface area (Å²) in [6.45, 7) is 10.6. The second kappa shape index (κ2) is 4.28. The van der Waals surface area contributed by atoms with Crippen LogP contribution in [0.15, 0.2) is 48.6 Å².